The molecule has 2 heterocycles. The fourth-order valence-corrected chi connectivity index (χ4v) is 2.66. The van der Waals surface area contributed by atoms with Crippen molar-refractivity contribution in [3.8, 4) is 5.69 Å². The van der Waals surface area contributed by atoms with Crippen LogP contribution in [0.15, 0.2) is 59.7 Å². The van der Waals surface area contributed by atoms with Crippen molar-refractivity contribution in [3.63, 3.8) is 0 Å². The van der Waals surface area contributed by atoms with E-state index in [-0.39, 0.29) is 23.4 Å². The van der Waals surface area contributed by atoms with Crippen molar-refractivity contribution < 1.29 is 9.31 Å². The normalized spacial score (nSPS) is 11.0. The first-order valence-corrected chi connectivity index (χ1v) is 7.83. The minimum atomic E-state index is -0.492. The van der Waals surface area contributed by atoms with E-state index in [1.807, 2.05) is 0 Å². The molecule has 0 spiro atoms. The zero-order chi connectivity index (χ0) is 19.0. The van der Waals surface area contributed by atoms with Gasteiger partial charge in [0.15, 0.2) is 11.2 Å². The van der Waals surface area contributed by atoms with Crippen molar-refractivity contribution in [2.75, 3.05) is 0 Å². The number of hydrogen-bond acceptors (Lipinski definition) is 6. The van der Waals surface area contributed by atoms with Crippen molar-refractivity contribution in [1.82, 2.24) is 24.5 Å². The molecule has 0 fully saturated rings. The second kappa shape index (κ2) is 6.41. The average molecular weight is 366 g/mol. The van der Waals surface area contributed by atoms with Gasteiger partial charge < -0.3 is 0 Å². The molecular weight excluding hydrogens is 355 g/mol. The van der Waals surface area contributed by atoms with Crippen LogP contribution in [0.2, 0.25) is 0 Å². The summed E-state index contributed by atoms with van der Waals surface area (Å²) in [7, 11) is 0. The van der Waals surface area contributed by atoms with E-state index in [0.717, 1.165) is 0 Å². The van der Waals surface area contributed by atoms with Crippen LogP contribution in [0.1, 0.15) is 5.56 Å². The van der Waals surface area contributed by atoms with Crippen molar-refractivity contribution in [1.29, 1.82) is 0 Å². The van der Waals surface area contributed by atoms with Crippen LogP contribution in [0.5, 0.6) is 0 Å². The molecule has 0 N–H and O–H groups in total. The molecule has 10 heteroatoms. The summed E-state index contributed by atoms with van der Waals surface area (Å²) in [5.41, 5.74) is 0.909. The molecule has 0 aliphatic rings. The maximum atomic E-state index is 13.4. The SMILES string of the molecule is O=c1c2nnn(-c3cccc(F)c3)c2ncn1Cc1ccc([N+](=O)[O-])cc1. The van der Waals surface area contributed by atoms with Crippen LogP contribution in [0.3, 0.4) is 0 Å². The van der Waals surface area contributed by atoms with Gasteiger partial charge in [-0.15, -0.1) is 5.10 Å². The van der Waals surface area contributed by atoms with Gasteiger partial charge in [-0.1, -0.05) is 23.4 Å². The van der Waals surface area contributed by atoms with E-state index in [1.54, 1.807) is 18.2 Å². The summed E-state index contributed by atoms with van der Waals surface area (Å²) in [6.45, 7) is 0.173. The highest BCUT2D eigenvalue weighted by atomic mass is 19.1. The Morgan fingerprint density at radius 2 is 1.93 bits per heavy atom. The van der Waals surface area contributed by atoms with Gasteiger partial charge in [0.05, 0.1) is 17.2 Å². The van der Waals surface area contributed by atoms with E-state index >= 15 is 0 Å². The van der Waals surface area contributed by atoms with Gasteiger partial charge in [-0.25, -0.2) is 9.37 Å². The fraction of sp³-hybridized carbons (Fsp3) is 0.0588. The van der Waals surface area contributed by atoms with Gasteiger partial charge in [0.25, 0.3) is 11.2 Å². The van der Waals surface area contributed by atoms with Crippen molar-refractivity contribution in [2.45, 2.75) is 6.54 Å². The van der Waals surface area contributed by atoms with Crippen LogP contribution in [0.25, 0.3) is 16.9 Å². The average Bonchev–Trinajstić information content (AvgIpc) is 3.09. The van der Waals surface area contributed by atoms with Gasteiger partial charge in [0.1, 0.15) is 12.1 Å². The Hall–Kier alpha value is -3.95. The molecule has 0 amide bonds. The molecule has 27 heavy (non-hydrogen) atoms. The number of rotatable bonds is 4. The lowest BCUT2D eigenvalue weighted by Crippen LogP contribution is -2.21. The van der Waals surface area contributed by atoms with E-state index in [0.29, 0.717) is 11.3 Å². The maximum absolute atomic E-state index is 13.4. The molecule has 0 bridgehead atoms. The first-order valence-electron chi connectivity index (χ1n) is 7.83. The summed E-state index contributed by atoms with van der Waals surface area (Å²) in [6.07, 6.45) is 1.34. The summed E-state index contributed by atoms with van der Waals surface area (Å²) < 4.78 is 16.0. The van der Waals surface area contributed by atoms with Crippen molar-refractivity contribution in [2.24, 2.45) is 0 Å². The number of non-ortho nitro benzene ring substituents is 1. The molecule has 4 aromatic rings. The monoisotopic (exact) mass is 366 g/mol. The summed E-state index contributed by atoms with van der Waals surface area (Å²) in [5, 5.41) is 18.5. The number of aromatic nitrogens is 5. The minimum absolute atomic E-state index is 0.0299. The van der Waals surface area contributed by atoms with E-state index in [1.165, 1.54) is 45.9 Å². The molecule has 0 aliphatic heterocycles. The van der Waals surface area contributed by atoms with Gasteiger partial charge in [0.2, 0.25) is 0 Å². The van der Waals surface area contributed by atoms with Gasteiger partial charge in [-0.05, 0) is 23.8 Å². The number of hydrogen-bond donors (Lipinski definition) is 0. The molecule has 134 valence electrons. The van der Waals surface area contributed by atoms with Crippen LogP contribution in [0.4, 0.5) is 10.1 Å². The van der Waals surface area contributed by atoms with E-state index in [9.17, 15) is 19.3 Å². The minimum Gasteiger partial charge on any atom is -0.293 e. The lowest BCUT2D eigenvalue weighted by Gasteiger charge is -2.05. The Morgan fingerprint density at radius 1 is 1.15 bits per heavy atom. The number of nitro benzene ring substituents is 1. The lowest BCUT2D eigenvalue weighted by atomic mass is 10.2. The fourth-order valence-electron chi connectivity index (χ4n) is 2.66. The highest BCUT2D eigenvalue weighted by Crippen LogP contribution is 2.14. The summed E-state index contributed by atoms with van der Waals surface area (Å²) in [6, 6.07) is 11.6. The summed E-state index contributed by atoms with van der Waals surface area (Å²) >= 11 is 0. The molecule has 0 radical (unpaired) electrons. The second-order valence-corrected chi connectivity index (χ2v) is 5.75. The molecule has 0 aliphatic carbocycles. The molecule has 2 aromatic heterocycles. The van der Waals surface area contributed by atoms with Gasteiger partial charge >= 0.3 is 0 Å². The number of fused-ring (bicyclic) bond motifs is 1. The Kier molecular flexibility index (Phi) is 3.92. The Balaban J connectivity index is 1.71. The predicted octanol–water partition coefficient (Wildman–Crippen LogP) is 2.07. The third kappa shape index (κ3) is 3.03. The van der Waals surface area contributed by atoms with Crippen molar-refractivity contribution in [3.05, 3.63) is 86.7 Å². The summed E-state index contributed by atoms with van der Waals surface area (Å²) in [5.74, 6) is -0.442. The van der Waals surface area contributed by atoms with E-state index < -0.39 is 16.3 Å². The van der Waals surface area contributed by atoms with Crippen LogP contribution in [-0.4, -0.2) is 29.5 Å². The zero-order valence-electron chi connectivity index (χ0n) is 13.7. The molecule has 0 unspecified atom stereocenters. The third-order valence-corrected chi connectivity index (χ3v) is 3.98. The Morgan fingerprint density at radius 3 is 2.63 bits per heavy atom. The molecule has 9 nitrogen and oxygen atoms in total. The quantitative estimate of drug-likeness (QED) is 0.404. The van der Waals surface area contributed by atoms with Crippen molar-refractivity contribution >= 4 is 16.9 Å². The number of benzene rings is 2. The molecule has 0 atom stereocenters. The number of halogens is 1. The van der Waals surface area contributed by atoms with Gasteiger partial charge in [-0.3, -0.25) is 19.5 Å². The molecule has 0 saturated carbocycles. The number of nitrogens with zero attached hydrogens (tertiary/aromatic N) is 6. The summed E-state index contributed by atoms with van der Waals surface area (Å²) in [4.78, 5) is 27.1. The Bertz CT molecular complexity index is 1220. The van der Waals surface area contributed by atoms with Crippen LogP contribution in [0, 0.1) is 15.9 Å². The van der Waals surface area contributed by atoms with E-state index in [4.69, 9.17) is 0 Å². The van der Waals surface area contributed by atoms with Crippen LogP contribution >= 0.6 is 0 Å². The smallest absolute Gasteiger partial charge is 0.283 e. The predicted molar refractivity (Wildman–Crippen MR) is 93.1 cm³/mol. The second-order valence-electron chi connectivity index (χ2n) is 5.75. The third-order valence-electron chi connectivity index (χ3n) is 3.98. The molecule has 4 rings (SSSR count). The standard InChI is InChI=1S/C17H11FN6O3/c18-12-2-1-3-14(8-12)23-16-15(20-21-23)17(25)22(10-19-16)9-11-4-6-13(7-5-11)24(26)27/h1-8,10H,9H2. The Labute approximate surface area is 150 Å². The van der Waals surface area contributed by atoms with Gasteiger partial charge in [-0.2, -0.15) is 4.68 Å². The molecule has 2 aromatic carbocycles. The zero-order valence-corrected chi connectivity index (χ0v) is 13.7. The molecular formula is C17H11FN6O3. The number of nitro groups is 1. The van der Waals surface area contributed by atoms with Gasteiger partial charge in [0, 0.05) is 12.1 Å². The first-order chi connectivity index (χ1) is 13.0. The largest absolute Gasteiger partial charge is 0.293 e. The van der Waals surface area contributed by atoms with E-state index in [2.05, 4.69) is 15.3 Å². The highest BCUT2D eigenvalue weighted by Gasteiger charge is 2.14. The highest BCUT2D eigenvalue weighted by molar-refractivity contribution is 5.70. The first kappa shape index (κ1) is 16.5. The topological polar surface area (TPSA) is 109 Å². The molecule has 0 saturated heterocycles. The lowest BCUT2D eigenvalue weighted by molar-refractivity contribution is -0.384. The van der Waals surface area contributed by atoms with Crippen LogP contribution in [-0.2, 0) is 6.54 Å². The van der Waals surface area contributed by atoms with Crippen LogP contribution < -0.4 is 5.56 Å². The maximum Gasteiger partial charge on any atom is 0.283 e.